The quantitative estimate of drug-likeness (QED) is 0.167. The zero-order valence-electron chi connectivity index (χ0n) is 15.9. The Morgan fingerprint density at radius 1 is 1.37 bits per heavy atom. The molecule has 0 aromatic carbocycles. The van der Waals surface area contributed by atoms with Crippen molar-refractivity contribution in [1.82, 2.24) is 9.97 Å². The summed E-state index contributed by atoms with van der Waals surface area (Å²) in [4.78, 5) is 8.78. The molecular weight excluding hydrogens is 386 g/mol. The SMILES string of the molecule is C=C1CC(CCCCc2nc(SCCC)nc(Cl)c2N)C(O)C1OCCO. The number of anilines is 1. The highest BCUT2D eigenvalue weighted by atomic mass is 35.5. The van der Waals surface area contributed by atoms with Crippen molar-refractivity contribution in [2.75, 3.05) is 24.7 Å². The Kier molecular flexibility index (Phi) is 9.32. The van der Waals surface area contributed by atoms with Gasteiger partial charge in [-0.15, -0.1) is 0 Å². The van der Waals surface area contributed by atoms with Gasteiger partial charge in [0.25, 0.3) is 0 Å². The number of aliphatic hydroxyl groups is 2. The largest absolute Gasteiger partial charge is 0.395 e. The Morgan fingerprint density at radius 3 is 2.85 bits per heavy atom. The molecular formula is C19H30ClN3O3S. The molecule has 4 N–H and O–H groups in total. The molecule has 1 aliphatic rings. The molecule has 1 fully saturated rings. The minimum absolute atomic E-state index is 0.0530. The molecule has 6 nitrogen and oxygen atoms in total. The second-order valence-corrected chi connectivity index (χ2v) is 8.30. The number of hydrogen-bond donors (Lipinski definition) is 3. The number of aromatic nitrogens is 2. The molecule has 0 spiro atoms. The molecule has 8 heteroatoms. The van der Waals surface area contributed by atoms with Crippen molar-refractivity contribution >= 4 is 29.1 Å². The topological polar surface area (TPSA) is 101 Å². The molecule has 3 unspecified atom stereocenters. The number of halogens is 1. The number of aliphatic hydroxyl groups excluding tert-OH is 2. The monoisotopic (exact) mass is 415 g/mol. The third-order valence-corrected chi connectivity index (χ3v) is 6.08. The summed E-state index contributed by atoms with van der Waals surface area (Å²) in [7, 11) is 0. The minimum Gasteiger partial charge on any atom is -0.395 e. The normalized spacial score (nSPS) is 22.5. The third-order valence-electron chi connectivity index (χ3n) is 4.74. The number of ether oxygens (including phenoxy) is 1. The second-order valence-electron chi connectivity index (χ2n) is 6.88. The van der Waals surface area contributed by atoms with Crippen molar-refractivity contribution in [3.8, 4) is 0 Å². The first-order valence-electron chi connectivity index (χ1n) is 9.50. The van der Waals surface area contributed by atoms with E-state index in [9.17, 15) is 5.11 Å². The summed E-state index contributed by atoms with van der Waals surface area (Å²) >= 11 is 7.73. The third kappa shape index (κ3) is 6.32. The molecule has 0 amide bonds. The molecule has 27 heavy (non-hydrogen) atoms. The molecule has 0 bridgehead atoms. The lowest BCUT2D eigenvalue weighted by molar-refractivity contribution is -0.0304. The number of unbranched alkanes of at least 4 members (excludes halogenated alkanes) is 1. The summed E-state index contributed by atoms with van der Waals surface area (Å²) in [5.41, 5.74) is 8.20. The first-order chi connectivity index (χ1) is 13.0. The van der Waals surface area contributed by atoms with Crippen LogP contribution < -0.4 is 5.73 Å². The number of thioether (sulfide) groups is 1. The van der Waals surface area contributed by atoms with Gasteiger partial charge < -0.3 is 20.7 Å². The molecule has 1 aromatic heterocycles. The molecule has 152 valence electrons. The molecule has 1 aliphatic carbocycles. The van der Waals surface area contributed by atoms with Gasteiger partial charge in [-0.05, 0) is 43.6 Å². The van der Waals surface area contributed by atoms with Gasteiger partial charge in [0, 0.05) is 5.75 Å². The smallest absolute Gasteiger partial charge is 0.189 e. The van der Waals surface area contributed by atoms with Crippen molar-refractivity contribution in [1.29, 1.82) is 0 Å². The molecule has 0 saturated heterocycles. The highest BCUT2D eigenvalue weighted by Crippen LogP contribution is 2.35. The Labute approximate surface area is 170 Å². The van der Waals surface area contributed by atoms with E-state index in [0.29, 0.717) is 16.0 Å². The summed E-state index contributed by atoms with van der Waals surface area (Å²) in [6.45, 7) is 6.28. The predicted octanol–water partition coefficient (Wildman–Crippen LogP) is 3.24. The van der Waals surface area contributed by atoms with Crippen LogP contribution in [0, 0.1) is 5.92 Å². The maximum absolute atomic E-state index is 10.4. The van der Waals surface area contributed by atoms with Crippen molar-refractivity contribution < 1.29 is 14.9 Å². The van der Waals surface area contributed by atoms with Crippen LogP contribution in [0.2, 0.25) is 5.15 Å². The maximum Gasteiger partial charge on any atom is 0.189 e. The van der Waals surface area contributed by atoms with E-state index in [2.05, 4.69) is 23.5 Å². The zero-order chi connectivity index (χ0) is 19.8. The number of aryl methyl sites for hydroxylation is 1. The average molecular weight is 416 g/mol. The summed E-state index contributed by atoms with van der Waals surface area (Å²) in [6, 6.07) is 0. The van der Waals surface area contributed by atoms with Crippen molar-refractivity contribution in [2.24, 2.45) is 5.92 Å². The van der Waals surface area contributed by atoms with Crippen LogP contribution in [-0.4, -0.2) is 51.4 Å². The predicted molar refractivity (Wildman–Crippen MR) is 110 cm³/mol. The van der Waals surface area contributed by atoms with E-state index in [1.165, 1.54) is 0 Å². The standard InChI is InChI=1S/C19H30ClN3O3S/c1-3-10-27-19-22-14(15(21)18(20)23-19)7-5-4-6-13-11-12(2)17(16(13)25)26-9-8-24/h13,16-17,24-25H,2-11,21H2,1H3. The van der Waals surface area contributed by atoms with Crippen LogP contribution in [0.5, 0.6) is 0 Å². The van der Waals surface area contributed by atoms with Crippen LogP contribution in [0.4, 0.5) is 5.69 Å². The fourth-order valence-electron chi connectivity index (χ4n) is 3.34. The lowest BCUT2D eigenvalue weighted by atomic mass is 9.97. The molecule has 0 aliphatic heterocycles. The molecule has 1 saturated carbocycles. The first-order valence-corrected chi connectivity index (χ1v) is 10.9. The van der Waals surface area contributed by atoms with Gasteiger partial charge in [0.05, 0.1) is 30.7 Å². The van der Waals surface area contributed by atoms with Gasteiger partial charge >= 0.3 is 0 Å². The first kappa shape index (κ1) is 22.4. The summed E-state index contributed by atoms with van der Waals surface area (Å²) in [6.07, 6.45) is 4.36. The number of hydrogen-bond acceptors (Lipinski definition) is 7. The van der Waals surface area contributed by atoms with Crippen LogP contribution >= 0.6 is 23.4 Å². The number of nitrogens with two attached hydrogens (primary N) is 1. The summed E-state index contributed by atoms with van der Waals surface area (Å²) in [5, 5.41) is 20.3. The zero-order valence-corrected chi connectivity index (χ0v) is 17.4. The summed E-state index contributed by atoms with van der Waals surface area (Å²) < 4.78 is 5.51. The Morgan fingerprint density at radius 2 is 2.15 bits per heavy atom. The lowest BCUT2D eigenvalue weighted by Gasteiger charge is -2.19. The molecule has 1 heterocycles. The van der Waals surface area contributed by atoms with Gasteiger partial charge in [0.15, 0.2) is 10.3 Å². The molecule has 0 radical (unpaired) electrons. The Balaban J connectivity index is 1.83. The second kappa shape index (κ2) is 11.2. The van der Waals surface area contributed by atoms with Crippen molar-refractivity contribution in [3.05, 3.63) is 23.0 Å². The lowest BCUT2D eigenvalue weighted by Crippen LogP contribution is -2.29. The average Bonchev–Trinajstić information content (AvgIpc) is 2.92. The number of rotatable bonds is 11. The van der Waals surface area contributed by atoms with Crippen molar-refractivity contribution in [3.63, 3.8) is 0 Å². The van der Waals surface area contributed by atoms with E-state index >= 15 is 0 Å². The van der Waals surface area contributed by atoms with Crippen LogP contribution in [0.15, 0.2) is 17.3 Å². The van der Waals surface area contributed by atoms with E-state index in [0.717, 1.165) is 55.5 Å². The van der Waals surface area contributed by atoms with Crippen LogP contribution in [0.1, 0.15) is 44.7 Å². The van der Waals surface area contributed by atoms with E-state index in [1.807, 2.05) is 0 Å². The van der Waals surface area contributed by atoms with E-state index in [-0.39, 0.29) is 25.2 Å². The van der Waals surface area contributed by atoms with E-state index < -0.39 is 6.10 Å². The highest BCUT2D eigenvalue weighted by Gasteiger charge is 2.37. The Bertz CT molecular complexity index is 632. The van der Waals surface area contributed by atoms with Gasteiger partial charge in [-0.3, -0.25) is 0 Å². The van der Waals surface area contributed by atoms with Crippen LogP contribution in [0.3, 0.4) is 0 Å². The number of nitrogen functional groups attached to an aromatic ring is 1. The van der Waals surface area contributed by atoms with E-state index in [1.54, 1.807) is 11.8 Å². The van der Waals surface area contributed by atoms with Gasteiger partial charge in [0.1, 0.15) is 6.10 Å². The van der Waals surface area contributed by atoms with Gasteiger partial charge in [0.2, 0.25) is 0 Å². The van der Waals surface area contributed by atoms with E-state index in [4.69, 9.17) is 27.2 Å². The minimum atomic E-state index is -0.556. The van der Waals surface area contributed by atoms with Gasteiger partial charge in [-0.2, -0.15) is 0 Å². The number of nitrogens with zero attached hydrogens (tertiary/aromatic N) is 2. The summed E-state index contributed by atoms with van der Waals surface area (Å²) in [5.74, 6) is 1.09. The maximum atomic E-state index is 10.4. The molecule has 3 atom stereocenters. The molecule has 1 aromatic rings. The molecule has 2 rings (SSSR count). The van der Waals surface area contributed by atoms with Gasteiger partial charge in [-0.1, -0.05) is 43.3 Å². The van der Waals surface area contributed by atoms with Crippen molar-refractivity contribution in [2.45, 2.75) is 62.8 Å². The Hall–Kier alpha value is -0.860. The van der Waals surface area contributed by atoms with Gasteiger partial charge in [-0.25, -0.2) is 9.97 Å². The fraction of sp³-hybridized carbons (Fsp3) is 0.684. The van der Waals surface area contributed by atoms with Crippen LogP contribution in [-0.2, 0) is 11.2 Å². The highest BCUT2D eigenvalue weighted by molar-refractivity contribution is 7.99. The van der Waals surface area contributed by atoms with Crippen LogP contribution in [0.25, 0.3) is 0 Å². The fourth-order valence-corrected chi connectivity index (χ4v) is 4.30.